The maximum atomic E-state index is 10.5. The van der Waals surface area contributed by atoms with Crippen LogP contribution in [0.5, 0.6) is 0 Å². The zero-order valence-corrected chi connectivity index (χ0v) is 12.2. The topological polar surface area (TPSA) is 49.5 Å². The van der Waals surface area contributed by atoms with Crippen molar-refractivity contribution < 1.29 is 5.11 Å². The van der Waals surface area contributed by atoms with Gasteiger partial charge in [0.25, 0.3) is 0 Å². The molecule has 0 aliphatic heterocycles. The van der Waals surface area contributed by atoms with Gasteiger partial charge in [-0.15, -0.1) is 0 Å². The molecule has 3 heteroatoms. The molecular weight excluding hydrogens is 260 g/mol. The summed E-state index contributed by atoms with van der Waals surface area (Å²) in [5.74, 6) is 0. The molecule has 0 amide bonds. The summed E-state index contributed by atoms with van der Waals surface area (Å²) in [5.41, 5.74) is 8.66. The fourth-order valence-corrected chi connectivity index (χ4v) is 2.65. The lowest BCUT2D eigenvalue weighted by atomic mass is 10.1. The van der Waals surface area contributed by atoms with Crippen LogP contribution in [0.15, 0.2) is 54.6 Å². The standard InChI is InChI=1S/C18H22N2O/c19-16-8-6-15(7-9-16)18(21)13-20(17-10-11-17)12-14-4-2-1-3-5-14/h1-9,17-18,21H,10-13,19H2. The van der Waals surface area contributed by atoms with E-state index in [1.807, 2.05) is 30.3 Å². The van der Waals surface area contributed by atoms with E-state index in [4.69, 9.17) is 5.73 Å². The van der Waals surface area contributed by atoms with Crippen molar-refractivity contribution in [3.05, 3.63) is 65.7 Å². The average molecular weight is 282 g/mol. The monoisotopic (exact) mass is 282 g/mol. The molecule has 1 unspecified atom stereocenters. The minimum absolute atomic E-state index is 0.463. The van der Waals surface area contributed by atoms with Gasteiger partial charge >= 0.3 is 0 Å². The van der Waals surface area contributed by atoms with Crippen molar-refractivity contribution in [1.29, 1.82) is 0 Å². The number of nitrogens with zero attached hydrogens (tertiary/aromatic N) is 1. The van der Waals surface area contributed by atoms with Crippen molar-refractivity contribution in [1.82, 2.24) is 4.90 Å². The average Bonchev–Trinajstić information content (AvgIpc) is 3.33. The fourth-order valence-electron chi connectivity index (χ4n) is 2.65. The molecule has 0 saturated heterocycles. The van der Waals surface area contributed by atoms with Gasteiger partial charge in [0.1, 0.15) is 0 Å². The molecule has 0 radical (unpaired) electrons. The van der Waals surface area contributed by atoms with Crippen LogP contribution in [0.1, 0.15) is 30.1 Å². The Labute approximate surface area is 126 Å². The lowest BCUT2D eigenvalue weighted by Gasteiger charge is -2.25. The first-order valence-electron chi connectivity index (χ1n) is 7.54. The van der Waals surface area contributed by atoms with Crippen molar-refractivity contribution in [2.75, 3.05) is 12.3 Å². The van der Waals surface area contributed by atoms with Gasteiger partial charge in [-0.25, -0.2) is 0 Å². The van der Waals surface area contributed by atoms with Crippen molar-refractivity contribution in [2.45, 2.75) is 31.5 Å². The van der Waals surface area contributed by atoms with Crippen molar-refractivity contribution >= 4 is 5.69 Å². The van der Waals surface area contributed by atoms with Crippen LogP contribution in [0.2, 0.25) is 0 Å². The summed E-state index contributed by atoms with van der Waals surface area (Å²) in [6, 6.07) is 18.6. The molecule has 1 atom stereocenters. The van der Waals surface area contributed by atoms with Gasteiger partial charge < -0.3 is 10.8 Å². The summed E-state index contributed by atoms with van der Waals surface area (Å²) in [5, 5.41) is 10.5. The lowest BCUT2D eigenvalue weighted by molar-refractivity contribution is 0.104. The highest BCUT2D eigenvalue weighted by atomic mass is 16.3. The zero-order chi connectivity index (χ0) is 14.7. The van der Waals surface area contributed by atoms with E-state index in [1.54, 1.807) is 0 Å². The Morgan fingerprint density at radius 2 is 1.71 bits per heavy atom. The molecule has 1 aliphatic carbocycles. The number of hydrogen-bond donors (Lipinski definition) is 2. The molecule has 0 spiro atoms. The highest BCUT2D eigenvalue weighted by molar-refractivity contribution is 5.39. The van der Waals surface area contributed by atoms with Crippen LogP contribution in [-0.2, 0) is 6.54 Å². The number of nitrogens with two attached hydrogens (primary N) is 1. The van der Waals surface area contributed by atoms with Gasteiger partial charge in [0.05, 0.1) is 6.10 Å². The van der Waals surface area contributed by atoms with Gasteiger partial charge in [-0.3, -0.25) is 4.90 Å². The summed E-state index contributed by atoms with van der Waals surface area (Å²) < 4.78 is 0. The third kappa shape index (κ3) is 3.84. The first kappa shape index (κ1) is 14.1. The lowest BCUT2D eigenvalue weighted by Crippen LogP contribution is -2.30. The van der Waals surface area contributed by atoms with Gasteiger partial charge in [-0.05, 0) is 36.1 Å². The Bertz CT molecular complexity index is 564. The fraction of sp³-hybridized carbons (Fsp3) is 0.333. The maximum absolute atomic E-state index is 10.5. The molecule has 2 aromatic rings. The van der Waals surface area contributed by atoms with Gasteiger partial charge in [0, 0.05) is 24.8 Å². The quantitative estimate of drug-likeness (QED) is 0.801. The van der Waals surface area contributed by atoms with Crippen molar-refractivity contribution in [2.24, 2.45) is 0 Å². The second-order valence-electron chi connectivity index (χ2n) is 5.83. The molecule has 3 N–H and O–H groups in total. The van der Waals surface area contributed by atoms with E-state index in [1.165, 1.54) is 18.4 Å². The molecule has 0 bridgehead atoms. The number of nitrogen functional groups attached to an aromatic ring is 1. The van der Waals surface area contributed by atoms with Crippen LogP contribution in [0, 0.1) is 0 Å². The Morgan fingerprint density at radius 3 is 2.33 bits per heavy atom. The van der Waals surface area contributed by atoms with E-state index >= 15 is 0 Å². The van der Waals surface area contributed by atoms with Crippen LogP contribution in [0.25, 0.3) is 0 Å². The van der Waals surface area contributed by atoms with Crippen LogP contribution in [0.3, 0.4) is 0 Å². The number of aliphatic hydroxyl groups is 1. The highest BCUT2D eigenvalue weighted by Crippen LogP contribution is 2.30. The van der Waals surface area contributed by atoms with Gasteiger partial charge in [-0.2, -0.15) is 0 Å². The van der Waals surface area contributed by atoms with Crippen LogP contribution in [-0.4, -0.2) is 22.6 Å². The predicted octanol–water partition coefficient (Wildman–Crippen LogP) is 2.97. The summed E-state index contributed by atoms with van der Waals surface area (Å²) in [7, 11) is 0. The van der Waals surface area contributed by atoms with Crippen LogP contribution < -0.4 is 5.73 Å². The van der Waals surface area contributed by atoms with E-state index in [9.17, 15) is 5.11 Å². The first-order valence-corrected chi connectivity index (χ1v) is 7.54. The smallest absolute Gasteiger partial charge is 0.0917 e. The Morgan fingerprint density at radius 1 is 1.05 bits per heavy atom. The molecule has 2 aromatic carbocycles. The second-order valence-corrected chi connectivity index (χ2v) is 5.83. The SMILES string of the molecule is Nc1ccc(C(O)CN(Cc2ccccc2)C2CC2)cc1. The van der Waals surface area contributed by atoms with Gasteiger partial charge in [0.2, 0.25) is 0 Å². The third-order valence-electron chi connectivity index (χ3n) is 4.02. The second kappa shape index (κ2) is 6.29. The largest absolute Gasteiger partial charge is 0.399 e. The van der Waals surface area contributed by atoms with E-state index in [0.29, 0.717) is 12.6 Å². The predicted molar refractivity (Wildman–Crippen MR) is 85.7 cm³/mol. The van der Waals surface area contributed by atoms with E-state index in [2.05, 4.69) is 29.2 Å². The van der Waals surface area contributed by atoms with E-state index < -0.39 is 6.10 Å². The van der Waals surface area contributed by atoms with Gasteiger partial charge in [-0.1, -0.05) is 42.5 Å². The molecule has 110 valence electrons. The number of rotatable bonds is 6. The van der Waals surface area contributed by atoms with Gasteiger partial charge in [0.15, 0.2) is 0 Å². The molecule has 3 rings (SSSR count). The van der Waals surface area contributed by atoms with Crippen LogP contribution >= 0.6 is 0 Å². The number of aliphatic hydroxyl groups excluding tert-OH is 1. The zero-order valence-electron chi connectivity index (χ0n) is 12.2. The summed E-state index contributed by atoms with van der Waals surface area (Å²) in [6.07, 6.45) is 2.01. The van der Waals surface area contributed by atoms with E-state index in [-0.39, 0.29) is 0 Å². The summed E-state index contributed by atoms with van der Waals surface area (Å²) in [4.78, 5) is 2.39. The number of anilines is 1. The molecule has 21 heavy (non-hydrogen) atoms. The molecule has 3 nitrogen and oxygen atoms in total. The molecule has 1 fully saturated rings. The molecular formula is C18H22N2O. The van der Waals surface area contributed by atoms with E-state index in [0.717, 1.165) is 17.8 Å². The molecule has 0 aromatic heterocycles. The Kier molecular flexibility index (Phi) is 4.23. The normalized spacial score (nSPS) is 16.1. The highest BCUT2D eigenvalue weighted by Gasteiger charge is 2.30. The third-order valence-corrected chi connectivity index (χ3v) is 4.02. The Hall–Kier alpha value is -1.84. The van der Waals surface area contributed by atoms with Crippen molar-refractivity contribution in [3.63, 3.8) is 0 Å². The molecule has 0 heterocycles. The summed E-state index contributed by atoms with van der Waals surface area (Å²) in [6.45, 7) is 1.57. The maximum Gasteiger partial charge on any atom is 0.0917 e. The van der Waals surface area contributed by atoms with Crippen LogP contribution in [0.4, 0.5) is 5.69 Å². The molecule has 1 saturated carbocycles. The molecule has 1 aliphatic rings. The first-order chi connectivity index (χ1) is 10.2. The Balaban J connectivity index is 1.66. The minimum atomic E-state index is -0.463. The number of hydrogen-bond acceptors (Lipinski definition) is 3. The summed E-state index contributed by atoms with van der Waals surface area (Å²) >= 11 is 0. The van der Waals surface area contributed by atoms with Crippen molar-refractivity contribution in [3.8, 4) is 0 Å². The number of benzene rings is 2. The minimum Gasteiger partial charge on any atom is -0.399 e.